The molecule has 2 unspecified atom stereocenters. The summed E-state index contributed by atoms with van der Waals surface area (Å²) in [5, 5.41) is 0.990. The van der Waals surface area contributed by atoms with E-state index >= 15 is 0 Å². The van der Waals surface area contributed by atoms with E-state index in [4.69, 9.17) is 0 Å². The van der Waals surface area contributed by atoms with Crippen molar-refractivity contribution in [3.05, 3.63) is 0 Å². The number of hydrogen-bond donors (Lipinski definition) is 0. The van der Waals surface area contributed by atoms with Crippen LogP contribution in [0.1, 0.15) is 78.1 Å². The Kier molecular flexibility index (Phi) is 8.46. The zero-order chi connectivity index (χ0) is 11.6. The van der Waals surface area contributed by atoms with Crippen molar-refractivity contribution < 1.29 is 0 Å². The minimum atomic E-state index is 0.985. The zero-order valence-electron chi connectivity index (χ0n) is 11.3. The first kappa shape index (κ1) is 14.4. The predicted octanol–water partition coefficient (Wildman–Crippen LogP) is 5.66. The number of hydrogen-bond acceptors (Lipinski definition) is 1. The number of rotatable bonds is 8. The van der Waals surface area contributed by atoms with Gasteiger partial charge in [0.15, 0.2) is 0 Å². The number of thioether (sulfide) groups is 1. The molecule has 1 aliphatic rings. The Morgan fingerprint density at radius 3 is 2.38 bits per heavy atom. The van der Waals surface area contributed by atoms with Crippen LogP contribution in [0.3, 0.4) is 0 Å². The normalized spacial score (nSPS) is 25.9. The summed E-state index contributed by atoms with van der Waals surface area (Å²) in [6, 6.07) is 0. The molecule has 0 bridgehead atoms. The van der Waals surface area contributed by atoms with Crippen LogP contribution in [0.4, 0.5) is 0 Å². The summed E-state index contributed by atoms with van der Waals surface area (Å²) in [5.41, 5.74) is 0. The molecule has 0 saturated heterocycles. The Balaban J connectivity index is 1.90. The van der Waals surface area contributed by atoms with E-state index in [9.17, 15) is 0 Å². The maximum atomic E-state index is 2.46. The quantitative estimate of drug-likeness (QED) is 0.495. The molecule has 0 amide bonds. The summed E-state index contributed by atoms with van der Waals surface area (Å²) in [4.78, 5) is 0. The van der Waals surface area contributed by atoms with E-state index in [1.807, 2.05) is 0 Å². The molecule has 1 rings (SSSR count). The van der Waals surface area contributed by atoms with Gasteiger partial charge in [-0.2, -0.15) is 11.8 Å². The molecule has 1 saturated carbocycles. The molecule has 1 heteroatoms. The summed E-state index contributed by atoms with van der Waals surface area (Å²) in [7, 11) is 0. The minimum absolute atomic E-state index is 0.985. The highest BCUT2D eigenvalue weighted by molar-refractivity contribution is 7.99. The summed E-state index contributed by atoms with van der Waals surface area (Å²) >= 11 is 2.27. The van der Waals surface area contributed by atoms with Gasteiger partial charge in [0.05, 0.1) is 0 Å². The Morgan fingerprint density at radius 2 is 1.62 bits per heavy atom. The molecule has 0 nitrogen and oxygen atoms in total. The Bertz CT molecular complexity index is 156. The van der Waals surface area contributed by atoms with Gasteiger partial charge in [-0.05, 0) is 30.9 Å². The molecule has 0 heterocycles. The summed E-state index contributed by atoms with van der Waals surface area (Å²) in [6.07, 6.45) is 14.6. The molecule has 0 N–H and O–H groups in total. The van der Waals surface area contributed by atoms with Crippen LogP contribution in [0.2, 0.25) is 0 Å². The highest BCUT2D eigenvalue weighted by Gasteiger charge is 2.20. The van der Waals surface area contributed by atoms with E-state index in [2.05, 4.69) is 25.6 Å². The van der Waals surface area contributed by atoms with Crippen molar-refractivity contribution in [3.63, 3.8) is 0 Å². The van der Waals surface area contributed by atoms with Crippen molar-refractivity contribution >= 4 is 11.8 Å². The first-order valence-corrected chi connectivity index (χ1v) is 8.51. The topological polar surface area (TPSA) is 0 Å². The first-order valence-electron chi connectivity index (χ1n) is 7.46. The van der Waals surface area contributed by atoms with Crippen LogP contribution < -0.4 is 0 Å². The average molecular weight is 242 g/mol. The van der Waals surface area contributed by atoms with E-state index in [-0.39, 0.29) is 0 Å². The summed E-state index contributed by atoms with van der Waals surface area (Å²) in [5.74, 6) is 2.40. The van der Waals surface area contributed by atoms with Gasteiger partial charge in [0, 0.05) is 5.25 Å². The van der Waals surface area contributed by atoms with Gasteiger partial charge in [0.2, 0.25) is 0 Å². The van der Waals surface area contributed by atoms with E-state index in [0.717, 1.165) is 11.2 Å². The summed E-state index contributed by atoms with van der Waals surface area (Å²) < 4.78 is 0. The lowest BCUT2D eigenvalue weighted by atomic mass is 9.90. The van der Waals surface area contributed by atoms with E-state index < -0.39 is 0 Å². The maximum absolute atomic E-state index is 2.46. The van der Waals surface area contributed by atoms with Crippen molar-refractivity contribution in [1.82, 2.24) is 0 Å². The fourth-order valence-electron chi connectivity index (χ4n) is 2.65. The van der Waals surface area contributed by atoms with Crippen molar-refractivity contribution in [2.75, 3.05) is 5.75 Å². The van der Waals surface area contributed by atoms with Crippen molar-refractivity contribution in [2.45, 2.75) is 83.3 Å². The Labute approximate surface area is 107 Å². The lowest BCUT2D eigenvalue weighted by molar-refractivity contribution is 0.397. The third kappa shape index (κ3) is 6.18. The first-order chi connectivity index (χ1) is 7.84. The van der Waals surface area contributed by atoms with Crippen LogP contribution in [-0.4, -0.2) is 11.0 Å². The van der Waals surface area contributed by atoms with Crippen LogP contribution in [0, 0.1) is 5.92 Å². The number of unbranched alkanes of at least 4 members (excludes halogenated alkanes) is 5. The van der Waals surface area contributed by atoms with Crippen LogP contribution in [0.25, 0.3) is 0 Å². The van der Waals surface area contributed by atoms with Crippen LogP contribution in [0.5, 0.6) is 0 Å². The molecule has 0 spiro atoms. The predicted molar refractivity (Wildman–Crippen MR) is 77.3 cm³/mol. The standard InChI is InChI=1S/C15H30S/c1-3-4-5-6-7-10-13-16-15-12-9-8-11-14(15)2/h14-15H,3-13H2,1-2H3. The molecule has 96 valence electrons. The lowest BCUT2D eigenvalue weighted by Crippen LogP contribution is -2.19. The van der Waals surface area contributed by atoms with Gasteiger partial charge >= 0.3 is 0 Å². The van der Waals surface area contributed by atoms with Gasteiger partial charge in [0.1, 0.15) is 0 Å². The molecule has 0 aromatic carbocycles. The fourth-order valence-corrected chi connectivity index (χ4v) is 4.12. The smallest absolute Gasteiger partial charge is 0.00726 e. The molecule has 2 atom stereocenters. The second-order valence-corrected chi connectivity index (χ2v) is 6.79. The van der Waals surface area contributed by atoms with Gasteiger partial charge in [0.25, 0.3) is 0 Å². The van der Waals surface area contributed by atoms with E-state index in [1.165, 1.54) is 70.0 Å². The molecule has 0 radical (unpaired) electrons. The van der Waals surface area contributed by atoms with E-state index in [1.54, 1.807) is 0 Å². The average Bonchev–Trinajstić information content (AvgIpc) is 2.30. The van der Waals surface area contributed by atoms with Gasteiger partial charge in [-0.25, -0.2) is 0 Å². The fraction of sp³-hybridized carbons (Fsp3) is 1.00. The Morgan fingerprint density at radius 1 is 0.938 bits per heavy atom. The molecule has 0 aromatic heterocycles. The second kappa shape index (κ2) is 9.39. The third-order valence-electron chi connectivity index (χ3n) is 3.86. The third-order valence-corrected chi connectivity index (χ3v) is 5.52. The zero-order valence-corrected chi connectivity index (χ0v) is 12.2. The Hall–Kier alpha value is 0.350. The van der Waals surface area contributed by atoms with Gasteiger partial charge in [-0.15, -0.1) is 0 Å². The molecular formula is C15H30S. The van der Waals surface area contributed by atoms with Crippen molar-refractivity contribution in [2.24, 2.45) is 5.92 Å². The van der Waals surface area contributed by atoms with Gasteiger partial charge in [-0.1, -0.05) is 58.8 Å². The van der Waals surface area contributed by atoms with Gasteiger partial charge in [-0.3, -0.25) is 0 Å². The summed E-state index contributed by atoms with van der Waals surface area (Å²) in [6.45, 7) is 4.75. The van der Waals surface area contributed by atoms with E-state index in [0.29, 0.717) is 0 Å². The highest BCUT2D eigenvalue weighted by atomic mass is 32.2. The molecular weight excluding hydrogens is 212 g/mol. The molecule has 1 aliphatic carbocycles. The second-order valence-electron chi connectivity index (χ2n) is 5.44. The molecule has 1 fully saturated rings. The largest absolute Gasteiger partial charge is 0.158 e. The molecule has 0 aliphatic heterocycles. The highest BCUT2D eigenvalue weighted by Crippen LogP contribution is 2.33. The lowest BCUT2D eigenvalue weighted by Gasteiger charge is -2.28. The SMILES string of the molecule is CCCCCCCCSC1CCCCC1C. The van der Waals surface area contributed by atoms with Gasteiger partial charge < -0.3 is 0 Å². The van der Waals surface area contributed by atoms with Crippen LogP contribution >= 0.6 is 11.8 Å². The van der Waals surface area contributed by atoms with Crippen LogP contribution in [0.15, 0.2) is 0 Å². The minimum Gasteiger partial charge on any atom is -0.158 e. The molecule has 0 aromatic rings. The van der Waals surface area contributed by atoms with Crippen molar-refractivity contribution in [3.8, 4) is 0 Å². The maximum Gasteiger partial charge on any atom is 0.00726 e. The van der Waals surface area contributed by atoms with Crippen molar-refractivity contribution in [1.29, 1.82) is 0 Å². The molecule has 16 heavy (non-hydrogen) atoms. The monoisotopic (exact) mass is 242 g/mol. The van der Waals surface area contributed by atoms with Crippen LogP contribution in [-0.2, 0) is 0 Å².